The fourth-order valence-electron chi connectivity index (χ4n) is 4.14. The molecule has 0 spiro atoms. The number of benzene rings is 2. The lowest BCUT2D eigenvalue weighted by Crippen LogP contribution is -2.18. The molecule has 4 nitrogen and oxygen atoms in total. The molecule has 0 saturated heterocycles. The van der Waals surface area contributed by atoms with Crippen LogP contribution in [0.1, 0.15) is 52.2 Å². The Morgan fingerprint density at radius 1 is 1.00 bits per heavy atom. The van der Waals surface area contributed by atoms with Crippen LogP contribution in [0.5, 0.6) is 0 Å². The van der Waals surface area contributed by atoms with Gasteiger partial charge in [-0.2, -0.15) is 31.6 Å². The highest BCUT2D eigenvalue weighted by atomic mass is 35.5. The average molecular weight is 584 g/mol. The molecule has 2 aromatic rings. The lowest BCUT2D eigenvalue weighted by atomic mass is 9.96. The molecule has 13 heteroatoms. The van der Waals surface area contributed by atoms with Gasteiger partial charge in [0.15, 0.2) is 5.78 Å². The van der Waals surface area contributed by atoms with E-state index in [0.29, 0.717) is 25.0 Å². The second-order valence-electron chi connectivity index (χ2n) is 9.15. The Kier molecular flexibility index (Phi) is 6.75. The van der Waals surface area contributed by atoms with Crippen LogP contribution in [-0.2, 0) is 17.1 Å². The summed E-state index contributed by atoms with van der Waals surface area (Å²) in [7, 11) is 0. The zero-order valence-corrected chi connectivity index (χ0v) is 20.7. The molecule has 2 fully saturated rings. The van der Waals surface area contributed by atoms with Crippen LogP contribution in [-0.4, -0.2) is 16.0 Å². The summed E-state index contributed by atoms with van der Waals surface area (Å²) in [5.41, 5.74) is -4.22. The van der Waals surface area contributed by atoms with Gasteiger partial charge in [-0.3, -0.25) is 9.59 Å². The van der Waals surface area contributed by atoms with Gasteiger partial charge >= 0.3 is 12.4 Å². The van der Waals surface area contributed by atoms with Crippen molar-refractivity contribution in [3.8, 4) is 6.07 Å². The van der Waals surface area contributed by atoms with E-state index in [0.717, 1.165) is 0 Å². The van der Waals surface area contributed by atoms with Crippen molar-refractivity contribution in [2.75, 3.05) is 5.32 Å². The fourth-order valence-corrected chi connectivity index (χ4v) is 5.20. The SMILES string of the molecule is N#CC1(CC(=O)c2cc(NC(=O)C3C(c4cc(C(F)(F)F)cc(C(F)(F)F)c4)C3(Cl)Cl)ccc2Cl)CC1. The highest BCUT2D eigenvalue weighted by Crippen LogP contribution is 2.65. The van der Waals surface area contributed by atoms with Gasteiger partial charge in [0.25, 0.3) is 0 Å². The molecule has 2 aromatic carbocycles. The van der Waals surface area contributed by atoms with E-state index >= 15 is 0 Å². The number of Topliss-reactive ketones (excluding diaryl/α,β-unsaturated/α-hetero) is 1. The number of amides is 1. The van der Waals surface area contributed by atoms with E-state index in [4.69, 9.17) is 34.8 Å². The van der Waals surface area contributed by atoms with Gasteiger partial charge in [0.1, 0.15) is 4.33 Å². The van der Waals surface area contributed by atoms with Gasteiger partial charge in [-0.05, 0) is 54.8 Å². The van der Waals surface area contributed by atoms with E-state index in [1.165, 1.54) is 18.2 Å². The molecule has 0 aliphatic heterocycles. The number of nitrogens with one attached hydrogen (secondary N) is 1. The number of nitriles is 1. The first-order valence-electron chi connectivity index (χ1n) is 10.7. The maximum atomic E-state index is 13.3. The summed E-state index contributed by atoms with van der Waals surface area (Å²) in [4.78, 5) is 25.6. The van der Waals surface area contributed by atoms with Crippen molar-refractivity contribution in [3.63, 3.8) is 0 Å². The molecule has 0 aromatic heterocycles. The molecule has 0 radical (unpaired) electrons. The highest BCUT2D eigenvalue weighted by Gasteiger charge is 2.68. The van der Waals surface area contributed by atoms with Gasteiger partial charge < -0.3 is 5.32 Å². The summed E-state index contributed by atoms with van der Waals surface area (Å²) in [6.45, 7) is 0. The third-order valence-corrected chi connectivity index (χ3v) is 7.70. The molecule has 2 atom stereocenters. The quantitative estimate of drug-likeness (QED) is 0.215. The van der Waals surface area contributed by atoms with Crippen molar-refractivity contribution in [1.82, 2.24) is 0 Å². The molecule has 2 saturated carbocycles. The van der Waals surface area contributed by atoms with Crippen LogP contribution in [0.4, 0.5) is 32.0 Å². The van der Waals surface area contributed by atoms with Crippen molar-refractivity contribution in [2.45, 2.75) is 41.9 Å². The van der Waals surface area contributed by atoms with E-state index in [2.05, 4.69) is 11.4 Å². The van der Waals surface area contributed by atoms with Crippen LogP contribution in [0.25, 0.3) is 0 Å². The largest absolute Gasteiger partial charge is 0.416 e. The molecule has 37 heavy (non-hydrogen) atoms. The zero-order chi connectivity index (χ0) is 27.6. The number of alkyl halides is 8. The van der Waals surface area contributed by atoms with E-state index in [1.807, 2.05) is 0 Å². The van der Waals surface area contributed by atoms with Gasteiger partial charge in [0.05, 0.1) is 33.6 Å². The Morgan fingerprint density at radius 2 is 1.57 bits per heavy atom. The van der Waals surface area contributed by atoms with Gasteiger partial charge in [-0.25, -0.2) is 0 Å². The Balaban J connectivity index is 1.58. The number of anilines is 1. The molecule has 1 amide bonds. The van der Waals surface area contributed by atoms with E-state index < -0.39 is 62.3 Å². The average Bonchev–Trinajstić information content (AvgIpc) is 3.68. The van der Waals surface area contributed by atoms with Crippen molar-refractivity contribution in [3.05, 3.63) is 63.7 Å². The van der Waals surface area contributed by atoms with Gasteiger partial charge in [0, 0.05) is 23.6 Å². The summed E-state index contributed by atoms with van der Waals surface area (Å²) in [5, 5.41) is 11.7. The number of carbonyl (C=O) groups excluding carboxylic acids is 2. The van der Waals surface area contributed by atoms with Crippen LogP contribution in [0, 0.1) is 22.7 Å². The molecule has 2 unspecified atom stereocenters. The number of carbonyl (C=O) groups is 2. The van der Waals surface area contributed by atoms with Crippen molar-refractivity contribution >= 4 is 52.2 Å². The molecule has 0 bridgehead atoms. The van der Waals surface area contributed by atoms with E-state index in [-0.39, 0.29) is 28.8 Å². The van der Waals surface area contributed by atoms with Crippen LogP contribution in [0.15, 0.2) is 36.4 Å². The normalized spacial score (nSPS) is 21.6. The van der Waals surface area contributed by atoms with Crippen LogP contribution in [0.2, 0.25) is 5.02 Å². The van der Waals surface area contributed by atoms with Crippen LogP contribution >= 0.6 is 34.8 Å². The number of ketones is 1. The smallest absolute Gasteiger partial charge is 0.326 e. The molecular formula is C24H15Cl3F6N2O2. The number of hydrogen-bond donors (Lipinski definition) is 1. The van der Waals surface area contributed by atoms with Crippen molar-refractivity contribution in [1.29, 1.82) is 5.26 Å². The minimum absolute atomic E-state index is 0.0323. The van der Waals surface area contributed by atoms with E-state index in [1.54, 1.807) is 0 Å². The fraction of sp³-hybridized carbons (Fsp3) is 0.375. The maximum Gasteiger partial charge on any atom is 0.416 e. The molecule has 0 heterocycles. The molecule has 2 aliphatic rings. The predicted octanol–water partition coefficient (Wildman–Crippen LogP) is 7.78. The van der Waals surface area contributed by atoms with Gasteiger partial charge in [-0.1, -0.05) is 11.6 Å². The van der Waals surface area contributed by atoms with E-state index in [9.17, 15) is 41.2 Å². The van der Waals surface area contributed by atoms with Crippen molar-refractivity contribution < 1.29 is 35.9 Å². The lowest BCUT2D eigenvalue weighted by Gasteiger charge is -2.14. The third kappa shape index (κ3) is 5.54. The number of nitrogens with zero attached hydrogens (tertiary/aromatic N) is 1. The van der Waals surface area contributed by atoms with Gasteiger partial charge in [-0.15, -0.1) is 23.2 Å². The van der Waals surface area contributed by atoms with Crippen LogP contribution < -0.4 is 5.32 Å². The zero-order valence-electron chi connectivity index (χ0n) is 18.4. The minimum Gasteiger partial charge on any atom is -0.326 e. The Hall–Kier alpha value is -2.48. The second-order valence-corrected chi connectivity index (χ2v) is 11.0. The first kappa shape index (κ1) is 27.6. The number of rotatable bonds is 6. The Labute approximate surface area is 221 Å². The van der Waals surface area contributed by atoms with Gasteiger partial charge in [0.2, 0.25) is 5.91 Å². The third-order valence-electron chi connectivity index (χ3n) is 6.43. The summed E-state index contributed by atoms with van der Waals surface area (Å²) < 4.78 is 77.5. The standard InChI is InChI=1S/C24H15Cl3F6N2O2/c25-16-2-1-14(8-15(16)17(36)9-21(10-34)3-4-21)35-20(37)19-18(22(19,26)27)11-5-12(23(28,29)30)7-13(6-11)24(31,32)33/h1-2,5-8,18-19H,3-4,9H2,(H,35,37). The topological polar surface area (TPSA) is 70.0 Å². The van der Waals surface area contributed by atoms with Crippen LogP contribution in [0.3, 0.4) is 0 Å². The Morgan fingerprint density at radius 3 is 2.05 bits per heavy atom. The predicted molar refractivity (Wildman–Crippen MR) is 123 cm³/mol. The van der Waals surface area contributed by atoms with Crippen molar-refractivity contribution in [2.24, 2.45) is 11.3 Å². The minimum atomic E-state index is -5.08. The maximum absolute atomic E-state index is 13.3. The monoisotopic (exact) mass is 582 g/mol. The molecular weight excluding hydrogens is 569 g/mol. The lowest BCUT2D eigenvalue weighted by molar-refractivity contribution is -0.143. The first-order chi connectivity index (χ1) is 17.0. The summed E-state index contributed by atoms with van der Waals surface area (Å²) >= 11 is 18.4. The second kappa shape index (κ2) is 9.07. The molecule has 4 rings (SSSR count). The summed E-state index contributed by atoms with van der Waals surface area (Å²) in [6.07, 6.45) is -9.08. The summed E-state index contributed by atoms with van der Waals surface area (Å²) in [5.74, 6) is -4.05. The first-order valence-corrected chi connectivity index (χ1v) is 11.8. The molecule has 1 N–H and O–H groups in total. The number of halogens is 9. The highest BCUT2D eigenvalue weighted by molar-refractivity contribution is 6.53. The molecule has 2 aliphatic carbocycles. The summed E-state index contributed by atoms with van der Waals surface area (Å²) in [6, 6.07) is 6.97. The molecule has 196 valence electrons. The number of hydrogen-bond acceptors (Lipinski definition) is 3. The Bertz CT molecular complexity index is 1300.